The third-order valence-corrected chi connectivity index (χ3v) is 6.72. The van der Waals surface area contributed by atoms with Gasteiger partial charge in [0.25, 0.3) is 10.0 Å². The van der Waals surface area contributed by atoms with Gasteiger partial charge in [0.1, 0.15) is 12.3 Å². The highest BCUT2D eigenvalue weighted by molar-refractivity contribution is 7.92. The number of nitrogens with one attached hydrogen (secondary N) is 1. The van der Waals surface area contributed by atoms with Crippen LogP contribution in [-0.2, 0) is 14.8 Å². The maximum Gasteiger partial charge on any atom is 0.264 e. The molecule has 0 bridgehead atoms. The van der Waals surface area contributed by atoms with Crippen molar-refractivity contribution in [3.05, 3.63) is 82.9 Å². The quantitative estimate of drug-likeness (QED) is 0.551. The largest absolute Gasteiger partial charge is 0.497 e. The van der Waals surface area contributed by atoms with Gasteiger partial charge in [-0.1, -0.05) is 35.4 Å². The number of rotatable bonds is 7. The van der Waals surface area contributed by atoms with E-state index in [2.05, 4.69) is 5.32 Å². The summed E-state index contributed by atoms with van der Waals surface area (Å²) in [5.41, 5.74) is 2.48. The first-order valence-electron chi connectivity index (χ1n) is 9.50. The molecule has 31 heavy (non-hydrogen) atoms. The Hall–Kier alpha value is -3.03. The minimum absolute atomic E-state index is 0.0923. The van der Waals surface area contributed by atoms with Gasteiger partial charge in [-0.05, 0) is 67.9 Å². The molecule has 0 saturated heterocycles. The van der Waals surface area contributed by atoms with Crippen LogP contribution in [0.3, 0.4) is 0 Å². The molecular weight excluding hydrogens is 436 g/mol. The third-order valence-electron chi connectivity index (χ3n) is 4.71. The van der Waals surface area contributed by atoms with Crippen LogP contribution in [0.4, 0.5) is 11.4 Å². The highest BCUT2D eigenvalue weighted by Gasteiger charge is 2.28. The Morgan fingerprint density at radius 1 is 1.00 bits per heavy atom. The van der Waals surface area contributed by atoms with Crippen LogP contribution in [0.25, 0.3) is 0 Å². The molecule has 0 saturated carbocycles. The van der Waals surface area contributed by atoms with Gasteiger partial charge < -0.3 is 10.1 Å². The molecule has 0 spiro atoms. The van der Waals surface area contributed by atoms with Crippen molar-refractivity contribution >= 4 is 38.9 Å². The number of nitrogens with zero attached hydrogens (tertiary/aromatic N) is 1. The molecule has 1 N–H and O–H groups in total. The smallest absolute Gasteiger partial charge is 0.264 e. The van der Waals surface area contributed by atoms with E-state index in [1.54, 1.807) is 68.6 Å². The first-order valence-corrected chi connectivity index (χ1v) is 11.3. The summed E-state index contributed by atoms with van der Waals surface area (Å²) in [6.07, 6.45) is 0. The van der Waals surface area contributed by atoms with Crippen LogP contribution in [0.15, 0.2) is 71.6 Å². The predicted molar refractivity (Wildman–Crippen MR) is 124 cm³/mol. The summed E-state index contributed by atoms with van der Waals surface area (Å²) < 4.78 is 33.1. The first-order chi connectivity index (χ1) is 14.7. The second-order valence-electron chi connectivity index (χ2n) is 7.03. The lowest BCUT2D eigenvalue weighted by molar-refractivity contribution is -0.114. The topological polar surface area (TPSA) is 75.7 Å². The number of benzene rings is 3. The van der Waals surface area contributed by atoms with E-state index in [1.165, 1.54) is 12.1 Å². The number of anilines is 2. The van der Waals surface area contributed by atoms with Gasteiger partial charge in [-0.25, -0.2) is 8.42 Å². The molecule has 0 aliphatic rings. The lowest BCUT2D eigenvalue weighted by Crippen LogP contribution is -2.38. The second kappa shape index (κ2) is 9.41. The summed E-state index contributed by atoms with van der Waals surface area (Å²) in [6, 6.07) is 18.2. The van der Waals surface area contributed by atoms with Crippen LogP contribution < -0.4 is 14.4 Å². The molecule has 6 nitrogen and oxygen atoms in total. The maximum absolute atomic E-state index is 13.5. The number of carbonyl (C=O) groups excluding carboxylic acids is 1. The second-order valence-corrected chi connectivity index (χ2v) is 9.33. The van der Waals surface area contributed by atoms with Gasteiger partial charge in [0.15, 0.2) is 0 Å². The van der Waals surface area contributed by atoms with Gasteiger partial charge in [0.2, 0.25) is 5.91 Å². The fraction of sp³-hybridized carbons (Fsp3) is 0.174. The van der Waals surface area contributed by atoms with E-state index in [1.807, 2.05) is 6.92 Å². The number of carbonyl (C=O) groups is 1. The van der Waals surface area contributed by atoms with Crippen LogP contribution in [-0.4, -0.2) is 28.0 Å². The van der Waals surface area contributed by atoms with Gasteiger partial charge in [-0.2, -0.15) is 0 Å². The molecule has 0 heterocycles. The molecule has 0 aromatic heterocycles. The maximum atomic E-state index is 13.5. The Bertz CT molecular complexity index is 1180. The minimum Gasteiger partial charge on any atom is -0.497 e. The Labute approximate surface area is 187 Å². The molecule has 0 fully saturated rings. The number of ether oxygens (including phenoxy) is 1. The summed E-state index contributed by atoms with van der Waals surface area (Å²) in [5.74, 6) is 0.163. The summed E-state index contributed by atoms with van der Waals surface area (Å²) in [7, 11) is -2.46. The average molecular weight is 459 g/mol. The normalized spacial score (nSPS) is 11.1. The van der Waals surface area contributed by atoms with E-state index in [0.29, 0.717) is 27.7 Å². The molecule has 0 aliphatic carbocycles. The average Bonchev–Trinajstić information content (AvgIpc) is 2.74. The monoisotopic (exact) mass is 458 g/mol. The van der Waals surface area contributed by atoms with Crippen molar-refractivity contribution in [3.63, 3.8) is 0 Å². The molecule has 0 radical (unpaired) electrons. The van der Waals surface area contributed by atoms with Crippen molar-refractivity contribution in [2.75, 3.05) is 23.3 Å². The lowest BCUT2D eigenvalue weighted by Gasteiger charge is -2.26. The van der Waals surface area contributed by atoms with E-state index in [-0.39, 0.29) is 4.90 Å². The van der Waals surface area contributed by atoms with Gasteiger partial charge in [0, 0.05) is 10.7 Å². The van der Waals surface area contributed by atoms with Crippen molar-refractivity contribution in [2.45, 2.75) is 18.7 Å². The van der Waals surface area contributed by atoms with Crippen molar-refractivity contribution in [2.24, 2.45) is 0 Å². The predicted octanol–water partition coefficient (Wildman–Crippen LogP) is 4.80. The van der Waals surface area contributed by atoms with E-state index in [9.17, 15) is 13.2 Å². The minimum atomic E-state index is -4.01. The Morgan fingerprint density at radius 3 is 2.26 bits per heavy atom. The fourth-order valence-corrected chi connectivity index (χ4v) is 4.64. The van der Waals surface area contributed by atoms with Crippen LogP contribution in [0.1, 0.15) is 11.1 Å². The van der Waals surface area contributed by atoms with Crippen molar-refractivity contribution < 1.29 is 17.9 Å². The van der Waals surface area contributed by atoms with Crippen molar-refractivity contribution in [1.82, 2.24) is 0 Å². The number of amides is 1. The molecule has 8 heteroatoms. The zero-order valence-electron chi connectivity index (χ0n) is 17.4. The van der Waals surface area contributed by atoms with Crippen LogP contribution >= 0.6 is 11.6 Å². The van der Waals surface area contributed by atoms with Crippen LogP contribution in [0.5, 0.6) is 5.75 Å². The molecular formula is C23H23ClN2O4S. The van der Waals surface area contributed by atoms with Crippen molar-refractivity contribution in [3.8, 4) is 5.75 Å². The fourth-order valence-electron chi connectivity index (χ4n) is 2.99. The Balaban J connectivity index is 1.96. The molecule has 1 amide bonds. The number of aryl methyl sites for hydroxylation is 2. The van der Waals surface area contributed by atoms with Crippen LogP contribution in [0, 0.1) is 13.8 Å². The number of methoxy groups -OCH3 is 1. The third kappa shape index (κ3) is 5.37. The molecule has 0 unspecified atom stereocenters. The summed E-state index contributed by atoms with van der Waals surface area (Å²) in [6.45, 7) is 3.23. The lowest BCUT2D eigenvalue weighted by atomic mass is 10.2. The molecule has 162 valence electrons. The van der Waals surface area contributed by atoms with Crippen molar-refractivity contribution in [1.29, 1.82) is 0 Å². The van der Waals surface area contributed by atoms with E-state index in [0.717, 1.165) is 9.87 Å². The number of hydrogen-bond acceptors (Lipinski definition) is 4. The molecule has 0 atom stereocenters. The molecule has 3 aromatic carbocycles. The molecule has 0 aliphatic heterocycles. The zero-order valence-corrected chi connectivity index (χ0v) is 19.0. The first kappa shape index (κ1) is 22.7. The van der Waals surface area contributed by atoms with Gasteiger partial charge in [-0.3, -0.25) is 9.10 Å². The number of halogens is 1. The van der Waals surface area contributed by atoms with E-state index < -0.39 is 22.5 Å². The van der Waals surface area contributed by atoms with Crippen LogP contribution in [0.2, 0.25) is 5.02 Å². The molecule has 3 aromatic rings. The number of sulfonamides is 1. The van der Waals surface area contributed by atoms with E-state index in [4.69, 9.17) is 16.3 Å². The Morgan fingerprint density at radius 2 is 1.65 bits per heavy atom. The number of hydrogen-bond donors (Lipinski definition) is 1. The SMILES string of the molecule is COc1ccc(NC(=O)CN(c2cc(Cl)ccc2C)S(=O)(=O)c2ccc(C)cc2)cc1. The van der Waals surface area contributed by atoms with Gasteiger partial charge >= 0.3 is 0 Å². The Kier molecular flexibility index (Phi) is 6.87. The standard InChI is InChI=1S/C23H23ClN2O4S/c1-16-4-12-21(13-5-16)31(28,29)26(22-14-18(24)7-6-17(22)2)15-23(27)25-19-8-10-20(30-3)11-9-19/h4-14H,15H2,1-3H3,(H,25,27). The summed E-state index contributed by atoms with van der Waals surface area (Å²) in [5, 5.41) is 3.10. The molecule has 3 rings (SSSR count). The summed E-state index contributed by atoms with van der Waals surface area (Å²) >= 11 is 6.14. The van der Waals surface area contributed by atoms with Gasteiger partial charge in [0.05, 0.1) is 17.7 Å². The highest BCUT2D eigenvalue weighted by atomic mass is 35.5. The zero-order chi connectivity index (χ0) is 22.6. The summed E-state index contributed by atoms with van der Waals surface area (Å²) in [4.78, 5) is 12.9. The highest BCUT2D eigenvalue weighted by Crippen LogP contribution is 2.29. The van der Waals surface area contributed by atoms with E-state index >= 15 is 0 Å². The van der Waals surface area contributed by atoms with Gasteiger partial charge in [-0.15, -0.1) is 0 Å².